The second kappa shape index (κ2) is 14.9. The molecule has 2 heteroatoms. The van der Waals surface area contributed by atoms with Crippen molar-refractivity contribution >= 4 is 42.8 Å². The molecule has 0 aromatic heterocycles. The Morgan fingerprint density at radius 2 is 0.722 bits per heavy atom. The van der Waals surface area contributed by atoms with E-state index in [1.165, 1.54) is 51.4 Å². The first-order valence-corrected chi connectivity index (χ1v) is 16.3. The van der Waals surface area contributed by atoms with Gasteiger partial charge < -0.3 is 0 Å². The van der Waals surface area contributed by atoms with Crippen molar-refractivity contribution in [2.24, 2.45) is 0 Å². The fourth-order valence-corrected chi connectivity index (χ4v) is 19.8. The summed E-state index contributed by atoms with van der Waals surface area (Å²) in [7, 11) is 0. The Balaban J connectivity index is 0. The minimum atomic E-state index is -1.69. The second-order valence-corrected chi connectivity index (χ2v) is 20.2. The molecule has 0 nitrogen and oxygen atoms in total. The van der Waals surface area contributed by atoms with Crippen LogP contribution in [0.2, 0.25) is 17.5 Å². The first-order valence-electron chi connectivity index (χ1n) is 8.24. The van der Waals surface area contributed by atoms with Crippen LogP contribution < -0.4 is 0 Å². The Morgan fingerprint density at radius 3 is 0.889 bits per heavy atom. The zero-order valence-corrected chi connectivity index (χ0v) is 18.6. The molecule has 0 spiro atoms. The molecule has 0 rings (SSSR count). The monoisotopic (exact) mass is 478 g/mol. The van der Waals surface area contributed by atoms with Gasteiger partial charge in [0.25, 0.3) is 0 Å². The molecule has 0 aliphatic carbocycles. The minimum absolute atomic E-state index is 0. The van der Waals surface area contributed by atoms with Gasteiger partial charge in [-0.1, -0.05) is 0 Å². The Kier molecular flexibility index (Phi) is 18.1. The predicted molar refractivity (Wildman–Crippen MR) is 101 cm³/mol. The van der Waals surface area contributed by atoms with Crippen LogP contribution in [-0.2, 0) is 0 Å². The van der Waals surface area contributed by atoms with Gasteiger partial charge in [-0.05, 0) is 0 Å². The van der Waals surface area contributed by atoms with Gasteiger partial charge in [-0.15, -0.1) is 24.0 Å². The van der Waals surface area contributed by atoms with Crippen LogP contribution in [0.15, 0.2) is 0 Å². The number of unbranched alkanes of at least 4 members (excludes halogenated alkanes) is 4. The fourth-order valence-electron chi connectivity index (χ4n) is 2.96. The fraction of sp³-hybridized carbons (Fsp3) is 1.00. The summed E-state index contributed by atoms with van der Waals surface area (Å²) in [5.74, 6) is 0. The Labute approximate surface area is 138 Å². The van der Waals surface area contributed by atoms with Gasteiger partial charge >= 0.3 is 115 Å². The molecule has 0 saturated heterocycles. The van der Waals surface area contributed by atoms with Crippen molar-refractivity contribution in [3.8, 4) is 0 Å². The van der Waals surface area contributed by atoms with Crippen LogP contribution in [0, 0.1) is 0 Å². The molecule has 0 atom stereocenters. The molecule has 0 heterocycles. The quantitative estimate of drug-likeness (QED) is 0.209. The summed E-state index contributed by atoms with van der Waals surface area (Å²) in [6.07, 6.45) is 11.8. The Hall–Kier alpha value is 1.55. The number of rotatable bonds is 12. The molecular formula is C16H38ISb. The summed E-state index contributed by atoms with van der Waals surface area (Å²) >= 11 is -1.69. The average Bonchev–Trinajstić information content (AvgIpc) is 2.37. The van der Waals surface area contributed by atoms with Gasteiger partial charge in [0.05, 0.1) is 0 Å². The summed E-state index contributed by atoms with van der Waals surface area (Å²) in [4.78, 5) is 0. The smallest absolute Gasteiger partial charge is 0.107 e. The van der Waals surface area contributed by atoms with E-state index in [0.29, 0.717) is 0 Å². The van der Waals surface area contributed by atoms with Crippen LogP contribution in [0.5, 0.6) is 0 Å². The molecule has 0 radical (unpaired) electrons. The zero-order valence-electron chi connectivity index (χ0n) is 13.4. The molecule has 0 fully saturated rings. The van der Waals surface area contributed by atoms with Gasteiger partial charge in [-0.25, -0.2) is 0 Å². The third-order valence-corrected chi connectivity index (χ3v) is 20.4. The predicted octanol–water partition coefficient (Wildman–Crippen LogP) is 6.99. The summed E-state index contributed by atoms with van der Waals surface area (Å²) in [6, 6.07) is 0. The molecule has 114 valence electrons. The SMILES string of the molecule is CCC[CH2][SbH]([CH2]CCC)([CH2]CCC)[CH2]CCC.I. The molecular weight excluding hydrogens is 441 g/mol. The van der Waals surface area contributed by atoms with Gasteiger partial charge in [0.2, 0.25) is 0 Å². The van der Waals surface area contributed by atoms with Crippen LogP contribution in [-0.4, -0.2) is 18.8 Å². The Bertz CT molecular complexity index is 122. The minimum Gasteiger partial charge on any atom is -0.107 e. The van der Waals surface area contributed by atoms with Crippen molar-refractivity contribution in [2.45, 2.75) is 96.5 Å². The van der Waals surface area contributed by atoms with Crippen molar-refractivity contribution in [3.63, 3.8) is 0 Å². The van der Waals surface area contributed by atoms with E-state index in [9.17, 15) is 0 Å². The van der Waals surface area contributed by atoms with E-state index in [2.05, 4.69) is 27.7 Å². The molecule has 0 N–H and O–H groups in total. The van der Waals surface area contributed by atoms with Gasteiger partial charge in [0.1, 0.15) is 0 Å². The third-order valence-electron chi connectivity index (χ3n) is 4.24. The number of hydrogen-bond donors (Lipinski definition) is 0. The summed E-state index contributed by atoms with van der Waals surface area (Å²) < 4.78 is 6.80. The molecule has 0 aliphatic rings. The summed E-state index contributed by atoms with van der Waals surface area (Å²) in [6.45, 7) is 9.48. The van der Waals surface area contributed by atoms with Crippen LogP contribution >= 0.6 is 24.0 Å². The largest absolute Gasteiger partial charge is 0.107 e. The number of halogens is 1. The van der Waals surface area contributed by atoms with E-state index in [1.54, 1.807) is 17.5 Å². The Morgan fingerprint density at radius 1 is 0.500 bits per heavy atom. The normalized spacial score (nSPS) is 12.2. The second-order valence-electron chi connectivity index (χ2n) is 5.91. The van der Waals surface area contributed by atoms with Crippen LogP contribution in [0.1, 0.15) is 79.1 Å². The molecule has 0 bridgehead atoms. The molecule has 0 amide bonds. The van der Waals surface area contributed by atoms with Crippen LogP contribution in [0.25, 0.3) is 0 Å². The van der Waals surface area contributed by atoms with Crippen molar-refractivity contribution < 1.29 is 0 Å². The van der Waals surface area contributed by atoms with Crippen molar-refractivity contribution in [3.05, 3.63) is 0 Å². The third kappa shape index (κ3) is 10.3. The van der Waals surface area contributed by atoms with E-state index >= 15 is 0 Å². The molecule has 0 aromatic carbocycles. The molecule has 0 aliphatic heterocycles. The maximum Gasteiger partial charge on any atom is -0.107 e. The van der Waals surface area contributed by atoms with Crippen molar-refractivity contribution in [1.82, 2.24) is 0 Å². The van der Waals surface area contributed by atoms with Gasteiger partial charge in [0, 0.05) is 0 Å². The van der Waals surface area contributed by atoms with E-state index in [4.69, 9.17) is 0 Å². The van der Waals surface area contributed by atoms with Gasteiger partial charge in [0.15, 0.2) is 0 Å². The van der Waals surface area contributed by atoms with E-state index in [1.807, 2.05) is 0 Å². The number of hydrogen-bond acceptors (Lipinski definition) is 0. The van der Waals surface area contributed by atoms with Gasteiger partial charge in [-0.3, -0.25) is 0 Å². The standard InChI is InChI=1S/4C4H9.HI.Sb.H/c4*1-3-4-2;;;/h4*1,3-4H2,2H3;1H;;. The van der Waals surface area contributed by atoms with Crippen LogP contribution in [0.3, 0.4) is 0 Å². The van der Waals surface area contributed by atoms with Crippen molar-refractivity contribution in [2.75, 3.05) is 0 Å². The maximum atomic E-state index is 2.37. The first kappa shape index (κ1) is 21.8. The van der Waals surface area contributed by atoms with Crippen LogP contribution in [0.4, 0.5) is 0 Å². The van der Waals surface area contributed by atoms with Gasteiger partial charge in [-0.2, -0.15) is 0 Å². The molecule has 0 aromatic rings. The van der Waals surface area contributed by atoms with E-state index in [0.717, 1.165) is 0 Å². The van der Waals surface area contributed by atoms with Crippen molar-refractivity contribution in [1.29, 1.82) is 0 Å². The topological polar surface area (TPSA) is 0 Å². The van der Waals surface area contributed by atoms with E-state index < -0.39 is 18.8 Å². The molecule has 0 unspecified atom stereocenters. The maximum absolute atomic E-state index is 2.37. The summed E-state index contributed by atoms with van der Waals surface area (Å²) in [5.41, 5.74) is 0. The summed E-state index contributed by atoms with van der Waals surface area (Å²) in [5, 5.41) is 0. The first-order chi connectivity index (χ1) is 8.24. The average molecular weight is 479 g/mol. The molecule has 18 heavy (non-hydrogen) atoms. The molecule has 0 saturated carbocycles. The van der Waals surface area contributed by atoms with E-state index in [-0.39, 0.29) is 24.0 Å². The zero-order chi connectivity index (χ0) is 13.0.